The van der Waals surface area contributed by atoms with Crippen molar-refractivity contribution in [3.05, 3.63) is 32.6 Å². The van der Waals surface area contributed by atoms with Crippen LogP contribution in [0.4, 0.5) is 5.69 Å². The maximum Gasteiger partial charge on any atom is 0.193 e. The number of hydrogen-bond acceptors (Lipinski definition) is 4. The Balaban J connectivity index is 3.05. The molecule has 5 heteroatoms. The molecule has 4 nitrogen and oxygen atoms in total. The summed E-state index contributed by atoms with van der Waals surface area (Å²) in [5.74, 6) is 0.369. The Morgan fingerprint density at radius 3 is 2.80 bits per heavy atom. The molecule has 1 heterocycles. The summed E-state index contributed by atoms with van der Waals surface area (Å²) in [7, 11) is 0. The first-order valence-corrected chi connectivity index (χ1v) is 5.01. The summed E-state index contributed by atoms with van der Waals surface area (Å²) in [6, 6.07) is 2.78. The summed E-state index contributed by atoms with van der Waals surface area (Å²) in [6.07, 6.45) is 0. The summed E-state index contributed by atoms with van der Waals surface area (Å²) in [4.78, 5) is 11.6. The van der Waals surface area contributed by atoms with Gasteiger partial charge in [-0.25, -0.2) is 0 Å². The lowest BCUT2D eigenvalue weighted by Crippen LogP contribution is -2.02. The molecule has 0 fully saturated rings. The second-order valence-electron chi connectivity index (χ2n) is 3.23. The van der Waals surface area contributed by atoms with Gasteiger partial charge in [0.15, 0.2) is 16.8 Å². The van der Waals surface area contributed by atoms with E-state index in [1.54, 1.807) is 6.92 Å². The van der Waals surface area contributed by atoms with Crippen LogP contribution in [0.3, 0.4) is 0 Å². The smallest absolute Gasteiger partial charge is 0.193 e. The molecule has 0 saturated carbocycles. The van der Waals surface area contributed by atoms with Crippen molar-refractivity contribution in [2.45, 2.75) is 6.92 Å². The molecule has 2 rings (SSSR count). The third-order valence-electron chi connectivity index (χ3n) is 2.09. The Kier molecular flexibility index (Phi) is 2.19. The van der Waals surface area contributed by atoms with Gasteiger partial charge in [0.1, 0.15) is 10.2 Å². The Morgan fingerprint density at radius 2 is 2.13 bits per heavy atom. The van der Waals surface area contributed by atoms with Crippen molar-refractivity contribution >= 4 is 32.6 Å². The summed E-state index contributed by atoms with van der Waals surface area (Å²) in [5, 5.41) is 9.90. The van der Waals surface area contributed by atoms with E-state index in [0.29, 0.717) is 21.2 Å². The molecule has 15 heavy (non-hydrogen) atoms. The van der Waals surface area contributed by atoms with Gasteiger partial charge in [-0.05, 0) is 28.9 Å². The van der Waals surface area contributed by atoms with Crippen LogP contribution in [0.1, 0.15) is 5.76 Å². The number of fused-ring (bicyclic) bond motifs is 1. The highest BCUT2D eigenvalue weighted by Gasteiger charge is 2.13. The number of rotatable bonds is 0. The number of aryl methyl sites for hydroxylation is 1. The average molecular weight is 270 g/mol. The number of halogens is 1. The third kappa shape index (κ3) is 1.48. The molecule has 0 bridgehead atoms. The number of aromatic hydroxyl groups is 1. The molecule has 3 N–H and O–H groups in total. The molecule has 1 aromatic carbocycles. The topological polar surface area (TPSA) is 76.5 Å². The zero-order chi connectivity index (χ0) is 11.2. The Bertz CT molecular complexity index is 604. The minimum Gasteiger partial charge on any atom is -0.505 e. The van der Waals surface area contributed by atoms with Crippen molar-refractivity contribution in [2.75, 3.05) is 5.73 Å². The number of phenols is 1. The summed E-state index contributed by atoms with van der Waals surface area (Å²) < 4.78 is 5.65. The van der Waals surface area contributed by atoms with Gasteiger partial charge in [0.2, 0.25) is 0 Å². The van der Waals surface area contributed by atoms with Gasteiger partial charge in [0.05, 0.1) is 11.1 Å². The SMILES string of the molecule is Cc1cc(=O)c2cc(N)c(O)c(Br)c2o1. The van der Waals surface area contributed by atoms with Crippen LogP contribution in [-0.4, -0.2) is 5.11 Å². The van der Waals surface area contributed by atoms with Gasteiger partial charge in [-0.2, -0.15) is 0 Å². The quantitative estimate of drug-likeness (QED) is 0.568. The molecule has 0 saturated heterocycles. The molecule has 2 aromatic rings. The molecule has 0 radical (unpaired) electrons. The predicted octanol–water partition coefficient (Wildman–Crippen LogP) is 2.15. The van der Waals surface area contributed by atoms with Crippen molar-refractivity contribution < 1.29 is 9.52 Å². The third-order valence-corrected chi connectivity index (χ3v) is 2.82. The zero-order valence-corrected chi connectivity index (χ0v) is 9.46. The number of anilines is 1. The van der Waals surface area contributed by atoms with Gasteiger partial charge in [0.25, 0.3) is 0 Å². The number of nitrogen functional groups attached to an aromatic ring is 1. The molecule has 0 unspecified atom stereocenters. The van der Waals surface area contributed by atoms with Gasteiger partial charge >= 0.3 is 0 Å². The average Bonchev–Trinajstić information content (AvgIpc) is 2.17. The second-order valence-corrected chi connectivity index (χ2v) is 4.02. The van der Waals surface area contributed by atoms with Gasteiger partial charge in [-0.3, -0.25) is 4.79 Å². The highest BCUT2D eigenvalue weighted by Crippen LogP contribution is 2.36. The van der Waals surface area contributed by atoms with Crippen molar-refractivity contribution in [1.29, 1.82) is 0 Å². The summed E-state index contributed by atoms with van der Waals surface area (Å²) in [5.41, 5.74) is 5.81. The number of benzene rings is 1. The van der Waals surface area contributed by atoms with E-state index < -0.39 is 0 Å². The largest absolute Gasteiger partial charge is 0.505 e. The molecular formula is C10H8BrNO3. The van der Waals surface area contributed by atoms with Crippen molar-refractivity contribution in [3.8, 4) is 5.75 Å². The van der Waals surface area contributed by atoms with E-state index in [-0.39, 0.29) is 16.9 Å². The molecule has 0 aliphatic carbocycles. The highest BCUT2D eigenvalue weighted by molar-refractivity contribution is 9.10. The standard InChI is InChI=1S/C10H8BrNO3/c1-4-2-7(13)5-3-6(12)9(14)8(11)10(5)15-4/h2-3,14H,12H2,1H3. The van der Waals surface area contributed by atoms with E-state index in [9.17, 15) is 9.90 Å². The fraction of sp³-hybridized carbons (Fsp3) is 0.100. The van der Waals surface area contributed by atoms with Crippen LogP contribution < -0.4 is 11.2 Å². The minimum absolute atomic E-state index is 0.115. The molecule has 0 aliphatic rings. The molecular weight excluding hydrogens is 262 g/mol. The van der Waals surface area contributed by atoms with Crippen molar-refractivity contribution in [1.82, 2.24) is 0 Å². The van der Waals surface area contributed by atoms with Crippen LogP contribution in [0.15, 0.2) is 25.8 Å². The zero-order valence-electron chi connectivity index (χ0n) is 7.87. The number of phenolic OH excluding ortho intramolecular Hbond substituents is 1. The van der Waals surface area contributed by atoms with Gasteiger partial charge in [-0.1, -0.05) is 0 Å². The van der Waals surface area contributed by atoms with Gasteiger partial charge < -0.3 is 15.3 Å². The van der Waals surface area contributed by atoms with E-state index >= 15 is 0 Å². The first-order chi connectivity index (χ1) is 7.00. The summed E-state index contributed by atoms with van der Waals surface area (Å²) in [6.45, 7) is 1.67. The molecule has 0 atom stereocenters. The first kappa shape index (κ1) is 10.0. The van der Waals surface area contributed by atoms with E-state index in [1.807, 2.05) is 0 Å². The molecule has 1 aromatic heterocycles. The molecule has 0 aliphatic heterocycles. The van der Waals surface area contributed by atoms with E-state index in [4.69, 9.17) is 10.2 Å². The number of hydrogen-bond donors (Lipinski definition) is 2. The lowest BCUT2D eigenvalue weighted by molar-refractivity contribution is 0.472. The van der Waals surface area contributed by atoms with E-state index in [0.717, 1.165) is 0 Å². The minimum atomic E-state index is -0.179. The predicted molar refractivity (Wildman–Crippen MR) is 61.0 cm³/mol. The second kappa shape index (κ2) is 3.27. The van der Waals surface area contributed by atoms with Gasteiger partial charge in [-0.15, -0.1) is 0 Å². The molecule has 0 spiro atoms. The van der Waals surface area contributed by atoms with Crippen LogP contribution in [0.2, 0.25) is 0 Å². The Hall–Kier alpha value is -1.49. The Morgan fingerprint density at radius 1 is 1.47 bits per heavy atom. The van der Waals surface area contributed by atoms with E-state index in [1.165, 1.54) is 12.1 Å². The first-order valence-electron chi connectivity index (χ1n) is 4.22. The van der Waals surface area contributed by atoms with Gasteiger partial charge in [0, 0.05) is 6.07 Å². The lowest BCUT2D eigenvalue weighted by Gasteiger charge is -2.05. The summed E-state index contributed by atoms with van der Waals surface area (Å²) >= 11 is 3.14. The highest BCUT2D eigenvalue weighted by atomic mass is 79.9. The van der Waals surface area contributed by atoms with Crippen LogP contribution >= 0.6 is 15.9 Å². The fourth-order valence-electron chi connectivity index (χ4n) is 1.38. The molecule has 0 amide bonds. The van der Waals surface area contributed by atoms with Crippen LogP contribution in [0, 0.1) is 6.92 Å². The monoisotopic (exact) mass is 269 g/mol. The van der Waals surface area contributed by atoms with Crippen LogP contribution in [-0.2, 0) is 0 Å². The van der Waals surface area contributed by atoms with Crippen LogP contribution in [0.25, 0.3) is 11.0 Å². The van der Waals surface area contributed by atoms with E-state index in [2.05, 4.69) is 15.9 Å². The maximum atomic E-state index is 11.6. The van der Waals surface area contributed by atoms with Crippen molar-refractivity contribution in [3.63, 3.8) is 0 Å². The fourth-order valence-corrected chi connectivity index (χ4v) is 1.90. The number of nitrogens with two attached hydrogens (primary N) is 1. The lowest BCUT2D eigenvalue weighted by atomic mass is 10.2. The molecule has 78 valence electrons. The van der Waals surface area contributed by atoms with Crippen molar-refractivity contribution in [2.24, 2.45) is 0 Å². The maximum absolute atomic E-state index is 11.6. The van der Waals surface area contributed by atoms with Crippen LogP contribution in [0.5, 0.6) is 5.75 Å². The normalized spacial score (nSPS) is 10.8. The Labute approximate surface area is 93.4 Å².